The van der Waals surface area contributed by atoms with Crippen LogP contribution >= 0.6 is 11.3 Å². The second-order valence-electron chi connectivity index (χ2n) is 7.62. The molecule has 7 heteroatoms. The van der Waals surface area contributed by atoms with Crippen LogP contribution in [0, 0.1) is 5.82 Å². The molecule has 1 heterocycles. The van der Waals surface area contributed by atoms with Crippen LogP contribution in [0.4, 0.5) is 9.39 Å². The summed E-state index contributed by atoms with van der Waals surface area (Å²) in [7, 11) is 0. The number of nitrogens with two attached hydrogens (primary N) is 1. The van der Waals surface area contributed by atoms with Crippen molar-refractivity contribution in [3.05, 3.63) is 51.7 Å². The van der Waals surface area contributed by atoms with Gasteiger partial charge in [0.15, 0.2) is 0 Å². The number of aryl methyl sites for hydroxylation is 1. The molecule has 2 aliphatic carbocycles. The van der Waals surface area contributed by atoms with Gasteiger partial charge in [-0.3, -0.25) is 14.9 Å². The first-order valence-corrected chi connectivity index (χ1v) is 10.6. The number of carbonyl (C=O) groups is 2. The highest BCUT2D eigenvalue weighted by Gasteiger charge is 2.38. The van der Waals surface area contributed by atoms with Crippen LogP contribution in [0.2, 0.25) is 0 Å². The van der Waals surface area contributed by atoms with Gasteiger partial charge < -0.3 is 11.1 Å². The first-order valence-electron chi connectivity index (χ1n) is 9.74. The van der Waals surface area contributed by atoms with Gasteiger partial charge in [0.25, 0.3) is 5.91 Å². The highest BCUT2D eigenvalue weighted by molar-refractivity contribution is 7.17. The van der Waals surface area contributed by atoms with Crippen molar-refractivity contribution in [2.75, 3.05) is 11.9 Å². The van der Waals surface area contributed by atoms with E-state index in [1.54, 1.807) is 12.1 Å². The summed E-state index contributed by atoms with van der Waals surface area (Å²) in [6.45, 7) is 0.123. The van der Waals surface area contributed by atoms with Crippen molar-refractivity contribution < 1.29 is 14.0 Å². The number of benzene rings is 1. The van der Waals surface area contributed by atoms with Crippen LogP contribution in [-0.4, -0.2) is 18.4 Å². The molecule has 0 atom stereocenters. The average molecular weight is 402 g/mol. The van der Waals surface area contributed by atoms with Gasteiger partial charge in [0, 0.05) is 10.4 Å². The Bertz CT molecular complexity index is 903. The van der Waals surface area contributed by atoms with Crippen molar-refractivity contribution in [3.63, 3.8) is 0 Å². The normalized spacial score (nSPS) is 17.5. The predicted octanol–water partition coefficient (Wildman–Crippen LogP) is 3.47. The van der Waals surface area contributed by atoms with E-state index < -0.39 is 5.91 Å². The summed E-state index contributed by atoms with van der Waals surface area (Å²) in [5, 5.41) is 6.80. The molecule has 5 nitrogen and oxygen atoms in total. The average Bonchev–Trinajstić information content (AvgIpc) is 3.00. The Hall–Kier alpha value is -2.25. The van der Waals surface area contributed by atoms with Crippen LogP contribution in [0.5, 0.6) is 0 Å². The van der Waals surface area contributed by atoms with E-state index in [1.807, 2.05) is 0 Å². The number of nitrogens with one attached hydrogen (secondary N) is 2. The molecular weight excluding hydrogens is 377 g/mol. The van der Waals surface area contributed by atoms with Crippen LogP contribution in [0.25, 0.3) is 0 Å². The Balaban J connectivity index is 1.46. The van der Waals surface area contributed by atoms with Crippen molar-refractivity contribution in [2.24, 2.45) is 5.73 Å². The fraction of sp³-hybridized carbons (Fsp3) is 0.429. The molecule has 2 aliphatic rings. The molecule has 1 aromatic heterocycles. The third-order valence-electron chi connectivity index (χ3n) is 5.86. The third-order valence-corrected chi connectivity index (χ3v) is 7.07. The molecule has 1 saturated carbocycles. The van der Waals surface area contributed by atoms with E-state index in [4.69, 9.17) is 5.73 Å². The van der Waals surface area contributed by atoms with Crippen molar-refractivity contribution in [2.45, 2.75) is 50.5 Å². The molecule has 0 saturated heterocycles. The number of hydrogen-bond donors (Lipinski definition) is 3. The number of primary amides is 1. The molecular formula is C21H24FN3O2S. The Labute approximate surface area is 167 Å². The lowest BCUT2D eigenvalue weighted by molar-refractivity contribution is -0.116. The van der Waals surface area contributed by atoms with Crippen molar-refractivity contribution in [1.29, 1.82) is 0 Å². The molecule has 0 bridgehead atoms. The molecule has 0 radical (unpaired) electrons. The molecule has 28 heavy (non-hydrogen) atoms. The van der Waals surface area contributed by atoms with Gasteiger partial charge in [-0.1, -0.05) is 12.1 Å². The van der Waals surface area contributed by atoms with Crippen LogP contribution < -0.4 is 16.4 Å². The van der Waals surface area contributed by atoms with Gasteiger partial charge in [-0.15, -0.1) is 11.3 Å². The highest BCUT2D eigenvalue weighted by atomic mass is 32.1. The summed E-state index contributed by atoms with van der Waals surface area (Å²) in [5.74, 6) is -0.949. The molecule has 2 aromatic rings. The Kier molecular flexibility index (Phi) is 5.21. The monoisotopic (exact) mass is 401 g/mol. The zero-order valence-electron chi connectivity index (χ0n) is 15.6. The van der Waals surface area contributed by atoms with Crippen LogP contribution in [0.15, 0.2) is 24.3 Å². The number of carbonyl (C=O) groups excluding carboxylic acids is 2. The lowest BCUT2D eigenvalue weighted by Gasteiger charge is -2.43. The smallest absolute Gasteiger partial charge is 0.251 e. The first kappa shape index (κ1) is 19.1. The SMILES string of the molecule is NC(=O)c1c(NC(=O)CNC2(c3ccc(F)cc3)CCC2)sc2c1CCCC2. The first-order chi connectivity index (χ1) is 13.5. The van der Waals surface area contributed by atoms with Crippen LogP contribution in [0.1, 0.15) is 58.5 Å². The van der Waals surface area contributed by atoms with E-state index >= 15 is 0 Å². The van der Waals surface area contributed by atoms with E-state index in [1.165, 1.54) is 23.5 Å². The van der Waals surface area contributed by atoms with E-state index in [-0.39, 0.29) is 23.8 Å². The van der Waals surface area contributed by atoms with E-state index in [0.29, 0.717) is 10.6 Å². The standard InChI is InChI=1S/C21H24FN3O2S/c22-14-8-6-13(7-9-14)21(10-3-11-21)24-12-17(26)25-20-18(19(23)27)15-4-1-2-5-16(15)28-20/h6-9,24H,1-5,10-12H2,(H2,23,27)(H,25,26). The van der Waals surface area contributed by atoms with Crippen molar-refractivity contribution in [3.8, 4) is 0 Å². The van der Waals surface area contributed by atoms with Gasteiger partial charge in [0.1, 0.15) is 10.8 Å². The van der Waals surface area contributed by atoms with Crippen LogP contribution in [0.3, 0.4) is 0 Å². The van der Waals surface area contributed by atoms with Gasteiger partial charge >= 0.3 is 0 Å². The van der Waals surface area contributed by atoms with Gasteiger partial charge in [0.05, 0.1) is 12.1 Å². The summed E-state index contributed by atoms with van der Waals surface area (Å²) in [6, 6.07) is 6.45. The maximum absolute atomic E-state index is 13.2. The molecule has 4 rings (SSSR count). The van der Waals surface area contributed by atoms with Gasteiger partial charge in [-0.2, -0.15) is 0 Å². The number of hydrogen-bond acceptors (Lipinski definition) is 4. The Morgan fingerprint density at radius 1 is 1.11 bits per heavy atom. The fourth-order valence-electron chi connectivity index (χ4n) is 4.20. The van der Waals surface area contributed by atoms with Gasteiger partial charge in [-0.25, -0.2) is 4.39 Å². The lowest BCUT2D eigenvalue weighted by atomic mass is 9.72. The number of anilines is 1. The predicted molar refractivity (Wildman–Crippen MR) is 108 cm³/mol. The molecule has 1 fully saturated rings. The summed E-state index contributed by atoms with van der Waals surface area (Å²) in [5.41, 5.74) is 7.79. The second-order valence-corrected chi connectivity index (χ2v) is 8.73. The van der Waals surface area contributed by atoms with Crippen molar-refractivity contribution >= 4 is 28.2 Å². The summed E-state index contributed by atoms with van der Waals surface area (Å²) < 4.78 is 13.2. The van der Waals surface area contributed by atoms with E-state index in [9.17, 15) is 14.0 Å². The number of halogens is 1. The lowest BCUT2D eigenvalue weighted by Crippen LogP contribution is -2.50. The maximum atomic E-state index is 13.2. The van der Waals surface area contributed by atoms with E-state index in [2.05, 4.69) is 10.6 Å². The maximum Gasteiger partial charge on any atom is 0.251 e. The number of rotatable bonds is 6. The molecule has 4 N–H and O–H groups in total. The number of amides is 2. The number of fused-ring (bicyclic) bond motifs is 1. The summed E-state index contributed by atoms with van der Waals surface area (Å²) >= 11 is 1.47. The minimum absolute atomic E-state index is 0.123. The Morgan fingerprint density at radius 3 is 2.46 bits per heavy atom. The zero-order chi connectivity index (χ0) is 19.7. The van der Waals surface area contributed by atoms with Gasteiger partial charge in [0.2, 0.25) is 5.91 Å². The molecule has 2 amide bonds. The molecule has 0 aliphatic heterocycles. The summed E-state index contributed by atoms with van der Waals surface area (Å²) in [4.78, 5) is 25.7. The molecule has 148 valence electrons. The third kappa shape index (κ3) is 3.56. The summed E-state index contributed by atoms with van der Waals surface area (Å²) in [6.07, 6.45) is 6.79. The fourth-order valence-corrected chi connectivity index (χ4v) is 5.51. The minimum atomic E-state index is -0.482. The van der Waals surface area contributed by atoms with Gasteiger partial charge in [-0.05, 0) is 68.2 Å². The van der Waals surface area contributed by atoms with Crippen LogP contribution in [-0.2, 0) is 23.2 Å². The molecule has 0 unspecified atom stereocenters. The second kappa shape index (κ2) is 7.64. The highest BCUT2D eigenvalue weighted by Crippen LogP contribution is 2.41. The molecule has 1 aromatic carbocycles. The zero-order valence-corrected chi connectivity index (χ0v) is 16.5. The minimum Gasteiger partial charge on any atom is -0.365 e. The molecule has 0 spiro atoms. The van der Waals surface area contributed by atoms with E-state index in [0.717, 1.165) is 60.9 Å². The quantitative estimate of drug-likeness (QED) is 0.693. The largest absolute Gasteiger partial charge is 0.365 e. The van der Waals surface area contributed by atoms with Crippen molar-refractivity contribution in [1.82, 2.24) is 5.32 Å². The Morgan fingerprint density at radius 2 is 1.82 bits per heavy atom. The topological polar surface area (TPSA) is 84.2 Å². The number of thiophene rings is 1.